The molecule has 0 amide bonds. The highest BCUT2D eigenvalue weighted by atomic mass is 32.2. The molecule has 23 heavy (non-hydrogen) atoms. The number of nitro groups is 1. The predicted octanol–water partition coefficient (Wildman–Crippen LogP) is 2.08. The predicted molar refractivity (Wildman–Crippen MR) is 83.0 cm³/mol. The fraction of sp³-hybridized carbons (Fsp3) is 0.143. The molecule has 2 N–H and O–H groups in total. The summed E-state index contributed by atoms with van der Waals surface area (Å²) < 4.78 is 34.3. The molecule has 0 bridgehead atoms. The molecule has 0 aromatic heterocycles. The Balaban J connectivity index is 2.31. The first-order valence-electron chi connectivity index (χ1n) is 6.38. The lowest BCUT2D eigenvalue weighted by atomic mass is 10.3. The fourth-order valence-corrected chi connectivity index (χ4v) is 2.77. The van der Waals surface area contributed by atoms with Gasteiger partial charge in [0, 0.05) is 11.0 Å². The van der Waals surface area contributed by atoms with E-state index in [0.717, 1.165) is 0 Å². The van der Waals surface area contributed by atoms with Crippen LogP contribution in [0.5, 0.6) is 17.2 Å². The van der Waals surface area contributed by atoms with Crippen LogP contribution in [0.3, 0.4) is 0 Å². The number of nitrogens with two attached hydrogens (primary N) is 1. The van der Waals surface area contributed by atoms with Gasteiger partial charge in [-0.2, -0.15) is 0 Å². The summed E-state index contributed by atoms with van der Waals surface area (Å²) in [5.74, 6) is -0.0487. The van der Waals surface area contributed by atoms with Crippen molar-refractivity contribution in [3.63, 3.8) is 0 Å². The number of sulfone groups is 1. The lowest BCUT2D eigenvalue weighted by Crippen LogP contribution is -2.14. The molecule has 0 spiro atoms. The van der Waals surface area contributed by atoms with Crippen molar-refractivity contribution in [1.82, 2.24) is 0 Å². The van der Waals surface area contributed by atoms with Gasteiger partial charge in [-0.1, -0.05) is 0 Å². The van der Waals surface area contributed by atoms with Gasteiger partial charge in [-0.05, 0) is 36.4 Å². The topological polar surface area (TPSA) is 122 Å². The number of benzene rings is 2. The van der Waals surface area contributed by atoms with Gasteiger partial charge in [0.25, 0.3) is 0 Å². The van der Waals surface area contributed by atoms with Crippen molar-refractivity contribution in [2.24, 2.45) is 0 Å². The molecule has 122 valence electrons. The molecular formula is C14H14N2O6S. The molecule has 0 saturated heterocycles. The monoisotopic (exact) mass is 338 g/mol. The summed E-state index contributed by atoms with van der Waals surface area (Å²) in [6, 6.07) is 10.3. The molecule has 0 aliphatic rings. The molecular weight excluding hydrogens is 324 g/mol. The number of anilines is 1. The highest BCUT2D eigenvalue weighted by Crippen LogP contribution is 2.31. The van der Waals surface area contributed by atoms with Crippen LogP contribution in [0, 0.1) is 10.1 Å². The Kier molecular flexibility index (Phi) is 4.70. The fourth-order valence-electron chi connectivity index (χ4n) is 1.78. The van der Waals surface area contributed by atoms with E-state index < -0.39 is 20.6 Å². The first-order chi connectivity index (χ1) is 10.8. The van der Waals surface area contributed by atoms with Gasteiger partial charge in [-0.25, -0.2) is 8.42 Å². The summed E-state index contributed by atoms with van der Waals surface area (Å²) in [5, 5.41) is 10.5. The zero-order chi connectivity index (χ0) is 17.0. The van der Waals surface area contributed by atoms with Gasteiger partial charge >= 0.3 is 5.88 Å². The first kappa shape index (κ1) is 16.6. The molecule has 2 rings (SSSR count). The SMILES string of the molecule is COc1ccc(Oc2cc(S(=O)(=O)C[N+](=O)[O-])ccc2N)cc1. The van der Waals surface area contributed by atoms with Crippen molar-refractivity contribution in [2.45, 2.75) is 4.90 Å². The Labute approximate surface area is 132 Å². The van der Waals surface area contributed by atoms with Crippen molar-refractivity contribution in [2.75, 3.05) is 18.7 Å². The third kappa shape index (κ3) is 4.10. The number of nitrogen functional groups attached to an aromatic ring is 1. The number of hydrogen-bond acceptors (Lipinski definition) is 7. The third-order valence-corrected chi connectivity index (χ3v) is 4.43. The van der Waals surface area contributed by atoms with E-state index in [1.54, 1.807) is 24.3 Å². The number of ether oxygens (including phenoxy) is 2. The zero-order valence-corrected chi connectivity index (χ0v) is 12.9. The summed E-state index contributed by atoms with van der Waals surface area (Å²) in [4.78, 5) is 9.31. The van der Waals surface area contributed by atoms with Crippen molar-refractivity contribution >= 4 is 15.5 Å². The van der Waals surface area contributed by atoms with Crippen molar-refractivity contribution in [3.05, 3.63) is 52.6 Å². The number of hydrogen-bond donors (Lipinski definition) is 1. The molecule has 0 unspecified atom stereocenters. The molecule has 9 heteroatoms. The molecule has 0 saturated carbocycles. The minimum absolute atomic E-state index is 0.0968. The Morgan fingerprint density at radius 3 is 2.30 bits per heavy atom. The second-order valence-electron chi connectivity index (χ2n) is 4.55. The summed E-state index contributed by atoms with van der Waals surface area (Å²) in [6.07, 6.45) is 0. The first-order valence-corrected chi connectivity index (χ1v) is 8.03. The molecule has 2 aromatic rings. The molecule has 0 fully saturated rings. The zero-order valence-electron chi connectivity index (χ0n) is 12.1. The van der Waals surface area contributed by atoms with Crippen molar-refractivity contribution in [3.8, 4) is 17.2 Å². The van der Waals surface area contributed by atoms with Crippen molar-refractivity contribution in [1.29, 1.82) is 0 Å². The minimum atomic E-state index is -4.06. The average molecular weight is 338 g/mol. The Hall–Kier alpha value is -2.81. The number of methoxy groups -OCH3 is 1. The third-order valence-electron chi connectivity index (χ3n) is 2.91. The van der Waals surface area contributed by atoms with Gasteiger partial charge in [-0.3, -0.25) is 10.1 Å². The quantitative estimate of drug-likeness (QED) is 0.486. The van der Waals surface area contributed by atoms with E-state index in [-0.39, 0.29) is 16.3 Å². The van der Waals surface area contributed by atoms with Crippen LogP contribution in [0.4, 0.5) is 5.69 Å². The Morgan fingerprint density at radius 1 is 1.13 bits per heavy atom. The lowest BCUT2D eigenvalue weighted by molar-refractivity contribution is -0.458. The van der Waals surface area contributed by atoms with Crippen LogP contribution < -0.4 is 15.2 Å². The molecule has 0 aliphatic carbocycles. The Morgan fingerprint density at radius 2 is 1.74 bits per heavy atom. The molecule has 0 aliphatic heterocycles. The summed E-state index contributed by atoms with van der Waals surface area (Å²) in [7, 11) is -2.53. The van der Waals surface area contributed by atoms with E-state index in [4.69, 9.17) is 15.2 Å². The van der Waals surface area contributed by atoms with E-state index in [9.17, 15) is 18.5 Å². The Bertz CT molecular complexity index is 818. The smallest absolute Gasteiger partial charge is 0.305 e. The number of rotatable bonds is 6. The van der Waals surface area contributed by atoms with Gasteiger partial charge in [0.2, 0.25) is 9.84 Å². The van der Waals surface area contributed by atoms with Crippen LogP contribution in [-0.2, 0) is 9.84 Å². The maximum atomic E-state index is 11.9. The van der Waals surface area contributed by atoms with Crippen LogP contribution in [-0.4, -0.2) is 26.3 Å². The minimum Gasteiger partial charge on any atom is -0.497 e. The van der Waals surface area contributed by atoms with Crippen molar-refractivity contribution < 1.29 is 22.8 Å². The van der Waals surface area contributed by atoms with Gasteiger partial charge in [0.15, 0.2) is 5.75 Å². The van der Waals surface area contributed by atoms with Gasteiger partial charge in [-0.15, -0.1) is 0 Å². The van der Waals surface area contributed by atoms with Crippen LogP contribution in [0.25, 0.3) is 0 Å². The van der Waals surface area contributed by atoms with E-state index in [1.165, 1.54) is 25.3 Å². The van der Waals surface area contributed by atoms with Gasteiger partial charge in [0.1, 0.15) is 11.5 Å². The van der Waals surface area contributed by atoms with Crippen LogP contribution in [0.2, 0.25) is 0 Å². The van der Waals surface area contributed by atoms with E-state index in [0.29, 0.717) is 11.5 Å². The molecule has 8 nitrogen and oxygen atoms in total. The molecule has 2 aromatic carbocycles. The van der Waals surface area contributed by atoms with E-state index in [1.807, 2.05) is 0 Å². The van der Waals surface area contributed by atoms with E-state index >= 15 is 0 Å². The molecule has 0 heterocycles. The summed E-state index contributed by atoms with van der Waals surface area (Å²) >= 11 is 0. The van der Waals surface area contributed by atoms with Crippen LogP contribution >= 0.6 is 0 Å². The molecule has 0 atom stereocenters. The maximum Gasteiger partial charge on any atom is 0.305 e. The normalized spacial score (nSPS) is 11.0. The second kappa shape index (κ2) is 6.53. The highest BCUT2D eigenvalue weighted by molar-refractivity contribution is 7.91. The summed E-state index contributed by atoms with van der Waals surface area (Å²) in [6.45, 7) is 0. The van der Waals surface area contributed by atoms with Crippen LogP contribution in [0.15, 0.2) is 47.4 Å². The molecule has 0 radical (unpaired) electrons. The second-order valence-corrected chi connectivity index (χ2v) is 6.51. The van der Waals surface area contributed by atoms with E-state index in [2.05, 4.69) is 0 Å². The largest absolute Gasteiger partial charge is 0.497 e. The number of nitrogens with zero attached hydrogens (tertiary/aromatic N) is 1. The maximum absolute atomic E-state index is 11.9. The average Bonchev–Trinajstić information content (AvgIpc) is 2.49. The highest BCUT2D eigenvalue weighted by Gasteiger charge is 2.22. The van der Waals surface area contributed by atoms with Gasteiger partial charge in [0.05, 0.1) is 17.7 Å². The standard InChI is InChI=1S/C14H14N2O6S/c1-21-10-2-4-11(5-3-10)22-14-8-12(6-7-13(14)15)23(19,20)9-16(17)18/h2-8H,9,15H2,1H3. The van der Waals surface area contributed by atoms with Crippen LogP contribution in [0.1, 0.15) is 0 Å². The lowest BCUT2D eigenvalue weighted by Gasteiger charge is -2.10. The van der Waals surface area contributed by atoms with Gasteiger partial charge < -0.3 is 15.2 Å². The summed E-state index contributed by atoms with van der Waals surface area (Å²) in [5.41, 5.74) is 5.97.